The van der Waals surface area contributed by atoms with Gasteiger partial charge in [0.2, 0.25) is 17.7 Å². The highest BCUT2D eigenvalue weighted by Crippen LogP contribution is 2.35. The third-order valence-corrected chi connectivity index (χ3v) is 9.27. The molecule has 2 fully saturated rings. The topological polar surface area (TPSA) is 162 Å². The van der Waals surface area contributed by atoms with Crippen LogP contribution in [0, 0.1) is 17.7 Å². The predicted molar refractivity (Wildman–Crippen MR) is 184 cm³/mol. The lowest BCUT2D eigenvalue weighted by Gasteiger charge is -2.32. The lowest BCUT2D eigenvalue weighted by Crippen LogP contribution is -2.55. The number of pyridine rings is 1. The highest BCUT2D eigenvalue weighted by molar-refractivity contribution is 7.09. The first-order valence-corrected chi connectivity index (χ1v) is 17.1. The number of aryl methyl sites for hydroxylation is 1. The van der Waals surface area contributed by atoms with E-state index in [-0.39, 0.29) is 41.4 Å². The van der Waals surface area contributed by atoms with Gasteiger partial charge in [0.1, 0.15) is 27.7 Å². The van der Waals surface area contributed by atoms with Crippen molar-refractivity contribution >= 4 is 46.9 Å². The summed E-state index contributed by atoms with van der Waals surface area (Å²) >= 11 is 1.53. The summed E-state index contributed by atoms with van der Waals surface area (Å²) < 4.78 is 11.3. The van der Waals surface area contributed by atoms with E-state index < -0.39 is 29.0 Å². The molecule has 0 bridgehead atoms. The molecular weight excluding hydrogens is 630 g/mol. The highest BCUT2D eigenvalue weighted by atomic mass is 32.1. The van der Waals surface area contributed by atoms with Crippen molar-refractivity contribution in [3.05, 3.63) is 75.4 Å². The number of ether oxygens (including phenoxy) is 2. The van der Waals surface area contributed by atoms with E-state index in [0.29, 0.717) is 19.5 Å². The Kier molecular flexibility index (Phi) is 10.3. The minimum Gasteiger partial charge on any atom is -0.444 e. The Balaban J connectivity index is 1.46. The van der Waals surface area contributed by atoms with Crippen molar-refractivity contribution in [3.63, 3.8) is 0 Å². The number of hydrogen-bond donors (Lipinski definition) is 3. The Morgan fingerprint density at radius 1 is 1.04 bits per heavy atom. The number of anilines is 1. The van der Waals surface area contributed by atoms with Crippen LogP contribution >= 0.6 is 11.3 Å². The van der Waals surface area contributed by atoms with E-state index >= 15 is 0 Å². The molecular formula is C35H43N7O5S. The van der Waals surface area contributed by atoms with Gasteiger partial charge in [0.15, 0.2) is 0 Å². The van der Waals surface area contributed by atoms with Gasteiger partial charge in [-0.05, 0) is 78.0 Å². The van der Waals surface area contributed by atoms with Crippen LogP contribution in [0.2, 0.25) is 0 Å². The minimum absolute atomic E-state index is 0.0147. The SMILES string of the molecule is Cc1csc([C@H]2CCCN2C(=O)c2cc(C(=N)OC(=N)[C@@](C)(Cc3ccccc3)NC(=O)OC(C)(C)C)nc(N3CCCCC3=O)c2)n1. The van der Waals surface area contributed by atoms with E-state index in [1.165, 1.54) is 22.3 Å². The van der Waals surface area contributed by atoms with E-state index in [4.69, 9.17) is 20.3 Å². The quantitative estimate of drug-likeness (QED) is 0.190. The molecule has 2 atom stereocenters. The number of thiazole rings is 1. The maximum Gasteiger partial charge on any atom is 0.408 e. The molecule has 2 aromatic heterocycles. The zero-order valence-electron chi connectivity index (χ0n) is 28.1. The third kappa shape index (κ3) is 8.25. The maximum absolute atomic E-state index is 14.1. The summed E-state index contributed by atoms with van der Waals surface area (Å²) in [6.07, 6.45) is 2.95. The Morgan fingerprint density at radius 2 is 1.79 bits per heavy atom. The van der Waals surface area contributed by atoms with Crippen LogP contribution in [0.4, 0.5) is 10.6 Å². The smallest absolute Gasteiger partial charge is 0.408 e. The number of rotatable bonds is 8. The van der Waals surface area contributed by atoms with Crippen LogP contribution in [-0.2, 0) is 20.7 Å². The molecule has 1 aromatic carbocycles. The molecule has 2 aliphatic heterocycles. The molecule has 13 heteroatoms. The molecule has 3 amide bonds. The Labute approximate surface area is 284 Å². The molecule has 3 N–H and O–H groups in total. The minimum atomic E-state index is -1.41. The van der Waals surface area contributed by atoms with Gasteiger partial charge in [0.05, 0.1) is 6.04 Å². The molecule has 2 saturated heterocycles. The zero-order chi connectivity index (χ0) is 34.6. The number of carbonyl (C=O) groups is 3. The van der Waals surface area contributed by atoms with Crippen LogP contribution in [0.15, 0.2) is 47.8 Å². The number of benzene rings is 1. The molecule has 12 nitrogen and oxygen atoms in total. The van der Waals surface area contributed by atoms with E-state index in [1.54, 1.807) is 38.7 Å². The number of nitrogens with zero attached hydrogens (tertiary/aromatic N) is 4. The number of carbonyl (C=O) groups excluding carboxylic acids is 3. The largest absolute Gasteiger partial charge is 0.444 e. The Hall–Kier alpha value is -4.65. The van der Waals surface area contributed by atoms with Gasteiger partial charge in [-0.1, -0.05) is 30.3 Å². The van der Waals surface area contributed by atoms with Crippen molar-refractivity contribution in [1.29, 1.82) is 10.8 Å². The molecule has 0 unspecified atom stereocenters. The van der Waals surface area contributed by atoms with E-state index in [9.17, 15) is 14.4 Å². The number of likely N-dealkylation sites (tertiary alicyclic amines) is 1. The average Bonchev–Trinajstić information content (AvgIpc) is 3.69. The van der Waals surface area contributed by atoms with Crippen LogP contribution in [0.25, 0.3) is 0 Å². The normalized spacial score (nSPS) is 17.9. The van der Waals surface area contributed by atoms with Gasteiger partial charge in [-0.25, -0.2) is 14.8 Å². The van der Waals surface area contributed by atoms with E-state index in [0.717, 1.165) is 41.9 Å². The molecule has 0 aliphatic carbocycles. The first kappa shape index (κ1) is 34.7. The van der Waals surface area contributed by atoms with Crippen molar-refractivity contribution in [2.75, 3.05) is 18.0 Å². The lowest BCUT2D eigenvalue weighted by atomic mass is 9.92. The summed E-state index contributed by atoms with van der Waals surface area (Å²) in [7, 11) is 0. The molecule has 0 saturated carbocycles. The van der Waals surface area contributed by atoms with Crippen LogP contribution in [-0.4, -0.2) is 68.8 Å². The number of alkyl carbamates (subject to hydrolysis) is 1. The van der Waals surface area contributed by atoms with Gasteiger partial charge in [-0.3, -0.25) is 25.3 Å². The Bertz CT molecular complexity index is 1700. The summed E-state index contributed by atoms with van der Waals surface area (Å²) in [5, 5.41) is 23.5. The van der Waals surface area contributed by atoms with Gasteiger partial charge in [0.25, 0.3) is 5.91 Å². The number of aromatic nitrogens is 2. The molecule has 0 radical (unpaired) electrons. The first-order valence-electron chi connectivity index (χ1n) is 16.2. The highest BCUT2D eigenvalue weighted by Gasteiger charge is 2.38. The van der Waals surface area contributed by atoms with Crippen LogP contribution in [0.1, 0.15) is 98.2 Å². The van der Waals surface area contributed by atoms with Crippen molar-refractivity contribution in [3.8, 4) is 0 Å². The molecule has 2 aliphatic rings. The molecule has 5 rings (SSSR count). The van der Waals surface area contributed by atoms with Crippen LogP contribution in [0.3, 0.4) is 0 Å². The van der Waals surface area contributed by atoms with Gasteiger partial charge in [-0.2, -0.15) is 0 Å². The summed E-state index contributed by atoms with van der Waals surface area (Å²) in [6.45, 7) is 9.76. The van der Waals surface area contributed by atoms with Gasteiger partial charge >= 0.3 is 6.09 Å². The van der Waals surface area contributed by atoms with Gasteiger partial charge < -0.3 is 19.7 Å². The predicted octanol–water partition coefficient (Wildman–Crippen LogP) is 6.19. The third-order valence-electron chi connectivity index (χ3n) is 8.21. The molecule has 3 aromatic rings. The summed E-state index contributed by atoms with van der Waals surface area (Å²) in [5.74, 6) is -1.05. The average molecular weight is 674 g/mol. The van der Waals surface area contributed by atoms with E-state index in [2.05, 4.69) is 15.3 Å². The molecule has 254 valence electrons. The number of hydrogen-bond acceptors (Lipinski definition) is 10. The van der Waals surface area contributed by atoms with Crippen molar-refractivity contribution in [2.24, 2.45) is 0 Å². The number of amides is 3. The molecule has 4 heterocycles. The second kappa shape index (κ2) is 14.2. The van der Waals surface area contributed by atoms with Gasteiger partial charge in [0, 0.05) is 42.6 Å². The summed E-state index contributed by atoms with van der Waals surface area (Å²) in [4.78, 5) is 52.5. The van der Waals surface area contributed by atoms with Crippen molar-refractivity contribution < 1.29 is 23.9 Å². The Morgan fingerprint density at radius 3 is 2.46 bits per heavy atom. The van der Waals surface area contributed by atoms with Crippen molar-refractivity contribution in [1.82, 2.24) is 20.2 Å². The fraction of sp³-hybridized carbons (Fsp3) is 0.457. The van der Waals surface area contributed by atoms with Crippen LogP contribution in [0.5, 0.6) is 0 Å². The summed E-state index contributed by atoms with van der Waals surface area (Å²) in [6, 6.07) is 12.2. The zero-order valence-corrected chi connectivity index (χ0v) is 28.9. The second-order valence-electron chi connectivity index (χ2n) is 13.5. The van der Waals surface area contributed by atoms with E-state index in [1.807, 2.05) is 42.6 Å². The number of piperidine rings is 1. The standard InChI is InChI=1S/C35H43N7O5S/c1-22-21-48-30(38-22)26-14-11-17-41(26)31(44)24-18-25(39-27(19-24)42-16-10-9-15-28(42)43)29(36)46-32(37)35(5,20-23-12-7-6-8-13-23)40-33(45)47-34(2,3)4/h6-8,12-13,18-19,21,26,36-37H,9-11,14-17,20H2,1-5H3,(H,40,45)/t26-,35-/m1/s1. The van der Waals surface area contributed by atoms with Gasteiger partial charge in [-0.15, -0.1) is 11.3 Å². The first-order chi connectivity index (χ1) is 22.7. The fourth-order valence-corrected chi connectivity index (χ4v) is 6.82. The van der Waals surface area contributed by atoms with Crippen molar-refractivity contribution in [2.45, 2.75) is 90.3 Å². The summed E-state index contributed by atoms with van der Waals surface area (Å²) in [5.41, 5.74) is -0.224. The fourth-order valence-electron chi connectivity index (χ4n) is 5.88. The number of nitrogens with one attached hydrogen (secondary N) is 3. The molecule has 0 spiro atoms. The monoisotopic (exact) mass is 673 g/mol. The molecule has 48 heavy (non-hydrogen) atoms. The maximum atomic E-state index is 14.1. The lowest BCUT2D eigenvalue weighted by molar-refractivity contribution is -0.119. The van der Waals surface area contributed by atoms with Crippen LogP contribution < -0.4 is 10.2 Å². The second-order valence-corrected chi connectivity index (χ2v) is 14.4.